The van der Waals surface area contributed by atoms with Crippen LogP contribution in [0.3, 0.4) is 0 Å². The zero-order valence-electron chi connectivity index (χ0n) is 12.6. The molecule has 5 heteroatoms. The molecule has 0 saturated carbocycles. The molecule has 4 nitrogen and oxygen atoms in total. The summed E-state index contributed by atoms with van der Waals surface area (Å²) in [5, 5.41) is 9.22. The van der Waals surface area contributed by atoms with E-state index in [1.54, 1.807) is 18.2 Å². The smallest absolute Gasteiger partial charge is 0.243 e. The number of sulfonamides is 1. The van der Waals surface area contributed by atoms with Crippen molar-refractivity contribution in [1.29, 1.82) is 0 Å². The van der Waals surface area contributed by atoms with Gasteiger partial charge in [-0.25, -0.2) is 8.42 Å². The second-order valence-electron chi connectivity index (χ2n) is 4.80. The summed E-state index contributed by atoms with van der Waals surface area (Å²) >= 11 is 0. The molecule has 1 aromatic rings. The van der Waals surface area contributed by atoms with Crippen LogP contribution in [-0.2, 0) is 23.1 Å². The number of benzene rings is 1. The van der Waals surface area contributed by atoms with Crippen LogP contribution in [0.15, 0.2) is 23.1 Å². The Balaban J connectivity index is 3.24. The van der Waals surface area contributed by atoms with Crippen molar-refractivity contribution in [2.45, 2.75) is 51.5 Å². The van der Waals surface area contributed by atoms with Gasteiger partial charge < -0.3 is 5.11 Å². The Morgan fingerprint density at radius 1 is 1.20 bits per heavy atom. The third-order valence-corrected chi connectivity index (χ3v) is 5.48. The second-order valence-corrected chi connectivity index (χ2v) is 6.71. The van der Waals surface area contributed by atoms with E-state index >= 15 is 0 Å². The van der Waals surface area contributed by atoms with Gasteiger partial charge in [0.15, 0.2) is 0 Å². The van der Waals surface area contributed by atoms with Crippen LogP contribution in [0.25, 0.3) is 0 Å². The Morgan fingerprint density at radius 2 is 1.90 bits per heavy atom. The fourth-order valence-corrected chi connectivity index (χ4v) is 3.98. The highest BCUT2D eigenvalue weighted by molar-refractivity contribution is 7.89. The van der Waals surface area contributed by atoms with E-state index in [1.165, 1.54) is 4.31 Å². The largest absolute Gasteiger partial charge is 0.392 e. The summed E-state index contributed by atoms with van der Waals surface area (Å²) in [5.74, 6) is 0. The van der Waals surface area contributed by atoms with Gasteiger partial charge in [0.1, 0.15) is 0 Å². The Hall–Kier alpha value is -0.910. The molecule has 0 aliphatic rings. The second kappa shape index (κ2) is 7.76. The van der Waals surface area contributed by atoms with Crippen molar-refractivity contribution in [2.75, 3.05) is 13.1 Å². The number of rotatable bonds is 8. The summed E-state index contributed by atoms with van der Waals surface area (Å²) in [5.41, 5.74) is 1.43. The molecule has 0 radical (unpaired) electrons. The van der Waals surface area contributed by atoms with Crippen LogP contribution in [0.2, 0.25) is 0 Å². The molecule has 0 amide bonds. The first kappa shape index (κ1) is 17.1. The summed E-state index contributed by atoms with van der Waals surface area (Å²) in [6.45, 7) is 6.71. The minimum absolute atomic E-state index is 0.145. The Labute approximate surface area is 122 Å². The maximum atomic E-state index is 12.8. The van der Waals surface area contributed by atoms with Crippen LogP contribution in [-0.4, -0.2) is 30.9 Å². The number of aliphatic hydroxyl groups is 1. The van der Waals surface area contributed by atoms with Crippen molar-refractivity contribution in [1.82, 2.24) is 4.31 Å². The molecule has 0 aliphatic carbocycles. The van der Waals surface area contributed by atoms with Crippen molar-refractivity contribution in [3.63, 3.8) is 0 Å². The molecule has 0 saturated heterocycles. The predicted molar refractivity (Wildman–Crippen MR) is 81.1 cm³/mol. The molecule has 0 aliphatic heterocycles. The number of hydrogen-bond acceptors (Lipinski definition) is 3. The van der Waals surface area contributed by atoms with Crippen LogP contribution >= 0.6 is 0 Å². The Morgan fingerprint density at radius 3 is 2.40 bits per heavy atom. The lowest BCUT2D eigenvalue weighted by Gasteiger charge is -2.22. The summed E-state index contributed by atoms with van der Waals surface area (Å²) < 4.78 is 27.0. The van der Waals surface area contributed by atoms with E-state index in [1.807, 2.05) is 20.8 Å². The third-order valence-electron chi connectivity index (χ3n) is 3.43. The van der Waals surface area contributed by atoms with Crippen molar-refractivity contribution >= 4 is 10.0 Å². The van der Waals surface area contributed by atoms with E-state index in [4.69, 9.17) is 0 Å². The molecular formula is C15H25NO3S. The SMILES string of the molecule is CCCCN(CC)S(=O)(=O)c1cc(CO)ccc1CC. The Bertz CT molecular complexity index is 526. The predicted octanol–water partition coefficient (Wildman–Crippen LogP) is 2.55. The van der Waals surface area contributed by atoms with Crippen LogP contribution < -0.4 is 0 Å². The first-order valence-corrected chi connectivity index (χ1v) is 8.68. The van der Waals surface area contributed by atoms with Gasteiger partial charge in [0.05, 0.1) is 11.5 Å². The minimum atomic E-state index is -3.48. The van der Waals surface area contributed by atoms with Gasteiger partial charge in [0.2, 0.25) is 10.0 Å². The van der Waals surface area contributed by atoms with Gasteiger partial charge in [-0.15, -0.1) is 0 Å². The highest BCUT2D eigenvalue weighted by Crippen LogP contribution is 2.23. The molecule has 0 heterocycles. The van der Waals surface area contributed by atoms with Crippen molar-refractivity contribution < 1.29 is 13.5 Å². The lowest BCUT2D eigenvalue weighted by Crippen LogP contribution is -2.32. The lowest BCUT2D eigenvalue weighted by molar-refractivity contribution is 0.281. The standard InChI is InChI=1S/C15H25NO3S/c1-4-7-10-16(6-3)20(18,19)15-11-13(12-17)8-9-14(15)5-2/h8-9,11,17H,4-7,10,12H2,1-3H3. The van der Waals surface area contributed by atoms with E-state index < -0.39 is 10.0 Å². The average molecular weight is 299 g/mol. The van der Waals surface area contributed by atoms with Crippen molar-refractivity contribution in [3.05, 3.63) is 29.3 Å². The molecule has 20 heavy (non-hydrogen) atoms. The van der Waals surface area contributed by atoms with Crippen LogP contribution in [0.4, 0.5) is 0 Å². The number of aryl methyl sites for hydroxylation is 1. The zero-order chi connectivity index (χ0) is 15.2. The van der Waals surface area contributed by atoms with Crippen molar-refractivity contribution in [2.24, 2.45) is 0 Å². The molecule has 1 aromatic carbocycles. The first-order chi connectivity index (χ1) is 9.51. The van der Waals surface area contributed by atoms with Gasteiger partial charge in [0, 0.05) is 13.1 Å². The normalized spacial score (nSPS) is 12.1. The van der Waals surface area contributed by atoms with Gasteiger partial charge in [-0.1, -0.05) is 39.3 Å². The lowest BCUT2D eigenvalue weighted by atomic mass is 10.1. The van der Waals surface area contributed by atoms with E-state index in [0.717, 1.165) is 18.4 Å². The molecule has 0 bridgehead atoms. The first-order valence-electron chi connectivity index (χ1n) is 7.24. The molecule has 1 rings (SSSR count). The monoisotopic (exact) mass is 299 g/mol. The molecule has 0 fully saturated rings. The van der Waals surface area contributed by atoms with Crippen molar-refractivity contribution in [3.8, 4) is 0 Å². The maximum absolute atomic E-state index is 12.8. The molecule has 0 atom stereocenters. The van der Waals surface area contributed by atoms with E-state index in [0.29, 0.717) is 30.0 Å². The number of aliphatic hydroxyl groups excluding tert-OH is 1. The van der Waals surface area contributed by atoms with Gasteiger partial charge in [-0.05, 0) is 30.0 Å². The zero-order valence-corrected chi connectivity index (χ0v) is 13.4. The van der Waals surface area contributed by atoms with E-state index in [2.05, 4.69) is 0 Å². The summed E-state index contributed by atoms with van der Waals surface area (Å²) in [6, 6.07) is 5.18. The summed E-state index contributed by atoms with van der Waals surface area (Å²) in [4.78, 5) is 0.338. The van der Waals surface area contributed by atoms with Gasteiger partial charge in [-0.2, -0.15) is 4.31 Å². The minimum Gasteiger partial charge on any atom is -0.392 e. The topological polar surface area (TPSA) is 57.6 Å². The number of hydrogen-bond donors (Lipinski definition) is 1. The fourth-order valence-electron chi connectivity index (χ4n) is 2.15. The summed E-state index contributed by atoms with van der Waals surface area (Å²) in [6.07, 6.45) is 2.48. The van der Waals surface area contributed by atoms with Crippen LogP contribution in [0.1, 0.15) is 44.7 Å². The van der Waals surface area contributed by atoms with Crippen LogP contribution in [0.5, 0.6) is 0 Å². The molecule has 0 spiro atoms. The quantitative estimate of drug-likeness (QED) is 0.802. The number of nitrogens with zero attached hydrogens (tertiary/aromatic N) is 1. The number of unbranched alkanes of at least 4 members (excludes halogenated alkanes) is 1. The molecule has 1 N–H and O–H groups in total. The van der Waals surface area contributed by atoms with Gasteiger partial charge in [-0.3, -0.25) is 0 Å². The van der Waals surface area contributed by atoms with Gasteiger partial charge >= 0.3 is 0 Å². The molecular weight excluding hydrogens is 274 g/mol. The highest BCUT2D eigenvalue weighted by Gasteiger charge is 2.25. The maximum Gasteiger partial charge on any atom is 0.243 e. The van der Waals surface area contributed by atoms with E-state index in [-0.39, 0.29) is 6.61 Å². The average Bonchev–Trinajstić information content (AvgIpc) is 2.47. The van der Waals surface area contributed by atoms with E-state index in [9.17, 15) is 13.5 Å². The Kier molecular flexibility index (Phi) is 6.65. The van der Waals surface area contributed by atoms with Gasteiger partial charge in [0.25, 0.3) is 0 Å². The molecule has 114 valence electrons. The van der Waals surface area contributed by atoms with Crippen LogP contribution in [0, 0.1) is 0 Å². The molecule has 0 aromatic heterocycles. The third kappa shape index (κ3) is 3.81. The fraction of sp³-hybridized carbons (Fsp3) is 0.600. The molecule has 0 unspecified atom stereocenters. The highest BCUT2D eigenvalue weighted by atomic mass is 32.2. The summed E-state index contributed by atoms with van der Waals surface area (Å²) in [7, 11) is -3.48.